The molecule has 120 valence electrons. The molecule has 3 rings (SSSR count). The number of aromatic amines is 1. The highest BCUT2D eigenvalue weighted by atomic mass is 32.2. The summed E-state index contributed by atoms with van der Waals surface area (Å²) >= 11 is 1.40. The predicted octanol–water partition coefficient (Wildman–Crippen LogP) is 1.98. The highest BCUT2D eigenvalue weighted by Crippen LogP contribution is 2.21. The van der Waals surface area contributed by atoms with Gasteiger partial charge in [0, 0.05) is 11.9 Å². The Balaban J connectivity index is 1.86. The second kappa shape index (κ2) is 6.82. The van der Waals surface area contributed by atoms with Crippen LogP contribution in [0.5, 0.6) is 0 Å². The quantitative estimate of drug-likeness (QED) is 0.818. The zero-order valence-corrected chi connectivity index (χ0v) is 13.5. The average molecular weight is 331 g/mol. The van der Waals surface area contributed by atoms with Gasteiger partial charge in [0.2, 0.25) is 5.91 Å². The van der Waals surface area contributed by atoms with Crippen LogP contribution in [0.1, 0.15) is 19.8 Å². The molecule has 0 spiro atoms. The first-order chi connectivity index (χ1) is 11.2. The summed E-state index contributed by atoms with van der Waals surface area (Å²) in [4.78, 5) is 25.3. The SMILES string of the molecule is CCCCN1C(=O)CS/C1=N\Nc1n[nH]c(=O)c2ccccc12. The molecule has 1 aliphatic heterocycles. The number of amides is 1. The van der Waals surface area contributed by atoms with E-state index in [4.69, 9.17) is 0 Å². The van der Waals surface area contributed by atoms with Gasteiger partial charge in [-0.25, -0.2) is 5.10 Å². The van der Waals surface area contributed by atoms with E-state index in [-0.39, 0.29) is 11.5 Å². The molecule has 8 heteroatoms. The van der Waals surface area contributed by atoms with Crippen LogP contribution < -0.4 is 11.0 Å². The van der Waals surface area contributed by atoms with Gasteiger partial charge in [-0.05, 0) is 12.5 Å². The molecule has 0 aliphatic carbocycles. The number of nitrogens with zero attached hydrogens (tertiary/aromatic N) is 3. The molecule has 0 unspecified atom stereocenters. The number of fused-ring (bicyclic) bond motifs is 1. The van der Waals surface area contributed by atoms with E-state index in [0.717, 1.165) is 12.8 Å². The standard InChI is InChI=1S/C15H17N5O2S/c1-2-3-8-20-12(21)9-23-15(20)19-17-13-10-6-4-5-7-11(10)14(22)18-16-13/h4-7H,2-3,8-9H2,1H3,(H,16,17)(H,18,22)/b19-15-. The molecular weight excluding hydrogens is 314 g/mol. The third-order valence-corrected chi connectivity index (χ3v) is 4.51. The average Bonchev–Trinajstić information content (AvgIpc) is 2.92. The van der Waals surface area contributed by atoms with Gasteiger partial charge in [0.05, 0.1) is 11.1 Å². The van der Waals surface area contributed by atoms with Gasteiger partial charge in [0.15, 0.2) is 11.0 Å². The van der Waals surface area contributed by atoms with Crippen molar-refractivity contribution in [3.63, 3.8) is 0 Å². The van der Waals surface area contributed by atoms with Crippen LogP contribution in [-0.4, -0.2) is 38.5 Å². The van der Waals surface area contributed by atoms with Gasteiger partial charge in [-0.1, -0.05) is 43.3 Å². The van der Waals surface area contributed by atoms with Crippen molar-refractivity contribution in [1.29, 1.82) is 0 Å². The van der Waals surface area contributed by atoms with Crippen molar-refractivity contribution in [2.45, 2.75) is 19.8 Å². The lowest BCUT2D eigenvalue weighted by Crippen LogP contribution is -2.31. The van der Waals surface area contributed by atoms with E-state index in [9.17, 15) is 9.59 Å². The maximum Gasteiger partial charge on any atom is 0.272 e. The van der Waals surface area contributed by atoms with Gasteiger partial charge in [-0.2, -0.15) is 5.10 Å². The second-order valence-corrected chi connectivity index (χ2v) is 6.08. The smallest absolute Gasteiger partial charge is 0.272 e. The maximum atomic E-state index is 11.9. The fraction of sp³-hybridized carbons (Fsp3) is 0.333. The van der Waals surface area contributed by atoms with Gasteiger partial charge < -0.3 is 0 Å². The number of benzene rings is 1. The zero-order valence-electron chi connectivity index (χ0n) is 12.7. The largest absolute Gasteiger partial charge is 0.289 e. The third kappa shape index (κ3) is 3.21. The maximum absolute atomic E-state index is 11.9. The summed E-state index contributed by atoms with van der Waals surface area (Å²) < 4.78 is 0. The summed E-state index contributed by atoms with van der Waals surface area (Å²) in [6.45, 7) is 2.75. The minimum atomic E-state index is -0.242. The molecule has 7 nitrogen and oxygen atoms in total. The number of nitrogens with one attached hydrogen (secondary N) is 2. The number of hydrogen-bond acceptors (Lipinski definition) is 6. The Morgan fingerprint density at radius 2 is 2.13 bits per heavy atom. The zero-order chi connectivity index (χ0) is 16.2. The van der Waals surface area contributed by atoms with Crippen LogP contribution in [0, 0.1) is 0 Å². The van der Waals surface area contributed by atoms with E-state index in [1.807, 2.05) is 12.1 Å². The van der Waals surface area contributed by atoms with Crippen molar-refractivity contribution in [2.24, 2.45) is 5.10 Å². The molecule has 0 saturated carbocycles. The lowest BCUT2D eigenvalue weighted by atomic mass is 10.2. The Kier molecular flexibility index (Phi) is 4.61. The number of hydrogen-bond donors (Lipinski definition) is 2. The molecule has 2 aromatic rings. The summed E-state index contributed by atoms with van der Waals surface area (Å²) in [5.74, 6) is 0.940. The van der Waals surface area contributed by atoms with Crippen molar-refractivity contribution in [3.05, 3.63) is 34.6 Å². The number of carbonyl (C=O) groups is 1. The number of rotatable bonds is 5. The number of H-pyrrole nitrogens is 1. The van der Waals surface area contributed by atoms with Gasteiger partial charge in [-0.15, -0.1) is 5.10 Å². The van der Waals surface area contributed by atoms with Crippen molar-refractivity contribution >= 4 is 39.4 Å². The Labute approximate surface area is 137 Å². The molecule has 2 heterocycles. The van der Waals surface area contributed by atoms with E-state index in [1.165, 1.54) is 11.8 Å². The van der Waals surface area contributed by atoms with Crippen molar-refractivity contribution in [1.82, 2.24) is 15.1 Å². The Morgan fingerprint density at radius 3 is 2.91 bits per heavy atom. The first-order valence-corrected chi connectivity index (χ1v) is 8.43. The molecular formula is C15H17N5O2S. The normalized spacial score (nSPS) is 16.5. The lowest BCUT2D eigenvalue weighted by molar-refractivity contribution is -0.124. The summed E-state index contributed by atoms with van der Waals surface area (Å²) in [6, 6.07) is 7.17. The van der Waals surface area contributed by atoms with E-state index in [1.54, 1.807) is 17.0 Å². The molecule has 1 aromatic heterocycles. The topological polar surface area (TPSA) is 90.4 Å². The van der Waals surface area contributed by atoms with Gasteiger partial charge in [0.25, 0.3) is 5.56 Å². The summed E-state index contributed by atoms with van der Waals surface area (Å²) in [6.07, 6.45) is 1.95. The van der Waals surface area contributed by atoms with Crippen molar-refractivity contribution < 1.29 is 4.79 Å². The van der Waals surface area contributed by atoms with Gasteiger partial charge >= 0.3 is 0 Å². The number of anilines is 1. The molecule has 1 saturated heterocycles. The molecule has 2 N–H and O–H groups in total. The molecule has 23 heavy (non-hydrogen) atoms. The second-order valence-electron chi connectivity index (χ2n) is 5.14. The van der Waals surface area contributed by atoms with E-state index < -0.39 is 0 Å². The van der Waals surface area contributed by atoms with Crippen LogP contribution in [0.2, 0.25) is 0 Å². The fourth-order valence-corrected chi connectivity index (χ4v) is 3.19. The van der Waals surface area contributed by atoms with Gasteiger partial charge in [-0.3, -0.25) is 19.9 Å². The number of thioether (sulfide) groups is 1. The summed E-state index contributed by atoms with van der Waals surface area (Å²) in [5, 5.41) is 12.6. The molecule has 1 aliphatic rings. The van der Waals surface area contributed by atoms with Crippen LogP contribution in [-0.2, 0) is 4.79 Å². The molecule has 0 radical (unpaired) electrons. The number of amidine groups is 1. The summed E-state index contributed by atoms with van der Waals surface area (Å²) in [7, 11) is 0. The molecule has 1 fully saturated rings. The van der Waals surface area contributed by atoms with Gasteiger partial charge in [0.1, 0.15) is 0 Å². The molecule has 1 aromatic carbocycles. The predicted molar refractivity (Wildman–Crippen MR) is 92.5 cm³/mol. The number of hydrazone groups is 1. The minimum absolute atomic E-state index is 0.0725. The number of carbonyl (C=O) groups excluding carboxylic acids is 1. The van der Waals surface area contributed by atoms with E-state index >= 15 is 0 Å². The summed E-state index contributed by atoms with van der Waals surface area (Å²) in [5.41, 5.74) is 2.63. The van der Waals surface area contributed by atoms with Crippen LogP contribution in [0.3, 0.4) is 0 Å². The Morgan fingerprint density at radius 1 is 1.35 bits per heavy atom. The van der Waals surface area contributed by atoms with E-state index in [2.05, 4.69) is 27.6 Å². The first-order valence-electron chi connectivity index (χ1n) is 7.45. The molecule has 1 amide bonds. The van der Waals surface area contributed by atoms with Crippen LogP contribution in [0.15, 0.2) is 34.2 Å². The fourth-order valence-electron chi connectivity index (χ4n) is 2.32. The highest BCUT2D eigenvalue weighted by Gasteiger charge is 2.27. The van der Waals surface area contributed by atoms with Crippen molar-refractivity contribution in [3.8, 4) is 0 Å². The number of unbranched alkanes of at least 4 members (excludes halogenated alkanes) is 1. The third-order valence-electron chi connectivity index (χ3n) is 3.55. The molecule has 0 bridgehead atoms. The Hall–Kier alpha value is -2.35. The minimum Gasteiger partial charge on any atom is -0.289 e. The van der Waals surface area contributed by atoms with Crippen LogP contribution in [0.25, 0.3) is 10.8 Å². The number of aromatic nitrogens is 2. The van der Waals surface area contributed by atoms with Crippen molar-refractivity contribution in [2.75, 3.05) is 17.7 Å². The van der Waals surface area contributed by atoms with E-state index in [0.29, 0.717) is 34.1 Å². The van der Waals surface area contributed by atoms with Crippen LogP contribution in [0.4, 0.5) is 5.82 Å². The first kappa shape index (κ1) is 15.5. The lowest BCUT2D eigenvalue weighted by Gasteiger charge is -2.15. The Bertz CT molecular complexity index is 817. The monoisotopic (exact) mass is 331 g/mol. The molecule has 0 atom stereocenters. The van der Waals surface area contributed by atoms with Crippen LogP contribution >= 0.6 is 11.8 Å². The highest BCUT2D eigenvalue weighted by molar-refractivity contribution is 8.15.